The van der Waals surface area contributed by atoms with E-state index in [1.54, 1.807) is 7.05 Å². The lowest BCUT2D eigenvalue weighted by atomic mass is 9.99. The van der Waals surface area contributed by atoms with Crippen molar-refractivity contribution in [2.45, 2.75) is 32.6 Å². The lowest BCUT2D eigenvalue weighted by Crippen LogP contribution is -2.40. The SMILES string of the molecule is CN=C(NCCCN1CCC(C)CC1)NCCc1ccc(F)cc1.I. The Balaban J connectivity index is 0.00000312. The number of aliphatic imine (C=N–C) groups is 1. The van der Waals surface area contributed by atoms with E-state index in [2.05, 4.69) is 27.4 Å². The molecule has 142 valence electrons. The number of nitrogens with zero attached hydrogens (tertiary/aromatic N) is 2. The third-order valence-electron chi connectivity index (χ3n) is 4.66. The molecule has 0 amide bonds. The first kappa shape index (κ1) is 22.2. The fraction of sp³-hybridized carbons (Fsp3) is 0.632. The predicted octanol–water partition coefficient (Wildman–Crippen LogP) is 3.27. The molecular formula is C19H32FIN4. The molecule has 1 fully saturated rings. The van der Waals surface area contributed by atoms with Crippen LogP contribution >= 0.6 is 24.0 Å². The first-order chi connectivity index (χ1) is 11.7. The van der Waals surface area contributed by atoms with Crippen molar-refractivity contribution < 1.29 is 4.39 Å². The van der Waals surface area contributed by atoms with Crippen molar-refractivity contribution in [3.8, 4) is 0 Å². The van der Waals surface area contributed by atoms with E-state index in [0.29, 0.717) is 0 Å². The average molecular weight is 462 g/mol. The fourth-order valence-electron chi connectivity index (χ4n) is 2.99. The van der Waals surface area contributed by atoms with Gasteiger partial charge in [0.25, 0.3) is 0 Å². The van der Waals surface area contributed by atoms with Gasteiger partial charge in [-0.3, -0.25) is 4.99 Å². The van der Waals surface area contributed by atoms with Gasteiger partial charge in [0.1, 0.15) is 5.82 Å². The van der Waals surface area contributed by atoms with Gasteiger partial charge >= 0.3 is 0 Å². The number of benzene rings is 1. The summed E-state index contributed by atoms with van der Waals surface area (Å²) < 4.78 is 12.9. The summed E-state index contributed by atoms with van der Waals surface area (Å²) in [5.41, 5.74) is 1.12. The van der Waals surface area contributed by atoms with Crippen LogP contribution in [0.3, 0.4) is 0 Å². The van der Waals surface area contributed by atoms with Gasteiger partial charge in [0.15, 0.2) is 5.96 Å². The first-order valence-corrected chi connectivity index (χ1v) is 9.08. The highest BCUT2D eigenvalue weighted by molar-refractivity contribution is 14.0. The molecule has 0 spiro atoms. The highest BCUT2D eigenvalue weighted by Gasteiger charge is 2.14. The molecule has 0 unspecified atom stereocenters. The van der Waals surface area contributed by atoms with Crippen LogP contribution in [0.25, 0.3) is 0 Å². The quantitative estimate of drug-likeness (QED) is 0.283. The van der Waals surface area contributed by atoms with Crippen LogP contribution in [0.15, 0.2) is 29.3 Å². The molecular weight excluding hydrogens is 430 g/mol. The molecule has 1 saturated heterocycles. The zero-order valence-electron chi connectivity index (χ0n) is 15.4. The van der Waals surface area contributed by atoms with E-state index >= 15 is 0 Å². The van der Waals surface area contributed by atoms with Crippen LogP contribution in [-0.4, -0.2) is 50.6 Å². The summed E-state index contributed by atoms with van der Waals surface area (Å²) >= 11 is 0. The van der Waals surface area contributed by atoms with Crippen LogP contribution in [0, 0.1) is 11.7 Å². The molecule has 0 aliphatic carbocycles. The summed E-state index contributed by atoms with van der Waals surface area (Å²) in [5, 5.41) is 6.67. The van der Waals surface area contributed by atoms with Crippen LogP contribution in [-0.2, 0) is 6.42 Å². The van der Waals surface area contributed by atoms with Crippen LogP contribution < -0.4 is 10.6 Å². The maximum absolute atomic E-state index is 12.9. The van der Waals surface area contributed by atoms with Crippen molar-refractivity contribution in [3.05, 3.63) is 35.6 Å². The number of rotatable bonds is 7. The minimum absolute atomic E-state index is 0. The molecule has 25 heavy (non-hydrogen) atoms. The Morgan fingerprint density at radius 2 is 1.80 bits per heavy atom. The van der Waals surface area contributed by atoms with E-state index in [1.165, 1.54) is 38.1 Å². The van der Waals surface area contributed by atoms with Gasteiger partial charge in [-0.25, -0.2) is 4.39 Å². The van der Waals surface area contributed by atoms with E-state index in [4.69, 9.17) is 0 Å². The molecule has 1 aromatic rings. The van der Waals surface area contributed by atoms with Gasteiger partial charge in [-0.1, -0.05) is 19.1 Å². The van der Waals surface area contributed by atoms with Crippen LogP contribution in [0.2, 0.25) is 0 Å². The summed E-state index contributed by atoms with van der Waals surface area (Å²) in [5.74, 6) is 1.54. The molecule has 6 heteroatoms. The second-order valence-electron chi connectivity index (χ2n) is 6.68. The van der Waals surface area contributed by atoms with Crippen molar-refractivity contribution in [3.63, 3.8) is 0 Å². The second-order valence-corrected chi connectivity index (χ2v) is 6.68. The summed E-state index contributed by atoms with van der Waals surface area (Å²) in [6.07, 6.45) is 4.65. The van der Waals surface area contributed by atoms with Gasteiger partial charge in [0, 0.05) is 20.1 Å². The van der Waals surface area contributed by atoms with Gasteiger partial charge in [0.05, 0.1) is 0 Å². The molecule has 0 aromatic heterocycles. The number of piperidine rings is 1. The Hall–Kier alpha value is -0.890. The Morgan fingerprint density at radius 1 is 1.16 bits per heavy atom. The van der Waals surface area contributed by atoms with Crippen molar-refractivity contribution in [1.29, 1.82) is 0 Å². The molecule has 1 aromatic carbocycles. The Kier molecular flexibility index (Phi) is 11.0. The molecule has 1 aliphatic heterocycles. The standard InChI is InChI=1S/C19H31FN4.HI/c1-16-9-14-24(15-10-16)13-3-11-22-19(21-2)23-12-8-17-4-6-18(20)7-5-17;/h4-7,16H,3,8-15H2,1-2H3,(H2,21,22,23);1H. The van der Waals surface area contributed by atoms with Gasteiger partial charge in [-0.05, 0) is 68.9 Å². The maximum Gasteiger partial charge on any atom is 0.190 e. The van der Waals surface area contributed by atoms with E-state index in [-0.39, 0.29) is 29.8 Å². The monoisotopic (exact) mass is 462 g/mol. The average Bonchev–Trinajstić information content (AvgIpc) is 2.60. The lowest BCUT2D eigenvalue weighted by Gasteiger charge is -2.30. The zero-order valence-corrected chi connectivity index (χ0v) is 17.8. The summed E-state index contributed by atoms with van der Waals surface area (Å²) in [6.45, 7) is 7.71. The molecule has 4 nitrogen and oxygen atoms in total. The van der Waals surface area contributed by atoms with E-state index in [9.17, 15) is 4.39 Å². The lowest BCUT2D eigenvalue weighted by molar-refractivity contribution is 0.191. The van der Waals surface area contributed by atoms with Gasteiger partial charge in [-0.15, -0.1) is 24.0 Å². The van der Waals surface area contributed by atoms with Crippen LogP contribution in [0.1, 0.15) is 31.7 Å². The summed E-state index contributed by atoms with van der Waals surface area (Å²) in [6, 6.07) is 6.66. The number of guanidine groups is 1. The van der Waals surface area contributed by atoms with Gasteiger partial charge in [0.2, 0.25) is 0 Å². The highest BCUT2D eigenvalue weighted by atomic mass is 127. The van der Waals surface area contributed by atoms with Crippen molar-refractivity contribution in [2.75, 3.05) is 39.8 Å². The fourth-order valence-corrected chi connectivity index (χ4v) is 2.99. The number of nitrogens with one attached hydrogen (secondary N) is 2. The molecule has 2 N–H and O–H groups in total. The minimum Gasteiger partial charge on any atom is -0.356 e. The molecule has 1 aliphatic rings. The third-order valence-corrected chi connectivity index (χ3v) is 4.66. The van der Waals surface area contributed by atoms with Crippen molar-refractivity contribution in [2.24, 2.45) is 10.9 Å². The van der Waals surface area contributed by atoms with Gasteiger partial charge < -0.3 is 15.5 Å². The zero-order chi connectivity index (χ0) is 17.2. The van der Waals surface area contributed by atoms with Crippen LogP contribution in [0.5, 0.6) is 0 Å². The number of hydrogen-bond acceptors (Lipinski definition) is 2. The minimum atomic E-state index is -0.188. The Labute approximate surface area is 168 Å². The largest absolute Gasteiger partial charge is 0.356 e. The number of likely N-dealkylation sites (tertiary alicyclic amines) is 1. The van der Waals surface area contributed by atoms with Crippen molar-refractivity contribution in [1.82, 2.24) is 15.5 Å². The molecule has 2 rings (SSSR count). The molecule has 0 bridgehead atoms. The predicted molar refractivity (Wildman–Crippen MR) is 114 cm³/mol. The van der Waals surface area contributed by atoms with E-state index in [0.717, 1.165) is 49.9 Å². The molecule has 0 saturated carbocycles. The molecule has 0 atom stereocenters. The third kappa shape index (κ3) is 8.85. The van der Waals surface area contributed by atoms with E-state index in [1.807, 2.05) is 12.1 Å². The summed E-state index contributed by atoms with van der Waals surface area (Å²) in [7, 11) is 1.79. The summed E-state index contributed by atoms with van der Waals surface area (Å²) in [4.78, 5) is 6.81. The Morgan fingerprint density at radius 3 is 2.44 bits per heavy atom. The Bertz CT molecular complexity index is 499. The van der Waals surface area contributed by atoms with Gasteiger partial charge in [-0.2, -0.15) is 0 Å². The van der Waals surface area contributed by atoms with Crippen molar-refractivity contribution >= 4 is 29.9 Å². The van der Waals surface area contributed by atoms with Crippen LogP contribution in [0.4, 0.5) is 4.39 Å². The maximum atomic E-state index is 12.9. The normalized spacial score (nSPS) is 16.4. The van der Waals surface area contributed by atoms with E-state index < -0.39 is 0 Å². The second kappa shape index (κ2) is 12.5. The highest BCUT2D eigenvalue weighted by Crippen LogP contribution is 2.15. The topological polar surface area (TPSA) is 39.7 Å². The first-order valence-electron chi connectivity index (χ1n) is 9.08. The smallest absolute Gasteiger partial charge is 0.190 e. The number of halogens is 2. The molecule has 1 heterocycles. The number of hydrogen-bond donors (Lipinski definition) is 2. The molecule has 0 radical (unpaired) electrons.